The maximum Gasteiger partial charge on any atom is 0.0861 e. The summed E-state index contributed by atoms with van der Waals surface area (Å²) in [5.74, 6) is 0. The van der Waals surface area contributed by atoms with Gasteiger partial charge in [0.15, 0.2) is 0 Å². The third-order valence-corrected chi connectivity index (χ3v) is 1.48. The molecule has 0 amide bonds. The number of hydrogen-bond acceptors (Lipinski definition) is 2. The predicted molar refractivity (Wildman–Crippen MR) is 45.2 cm³/mol. The van der Waals surface area contributed by atoms with Crippen molar-refractivity contribution in [2.45, 2.75) is 6.61 Å². The van der Waals surface area contributed by atoms with Crippen molar-refractivity contribution in [1.29, 1.82) is 0 Å². The van der Waals surface area contributed by atoms with E-state index in [1.54, 1.807) is 0 Å². The van der Waals surface area contributed by atoms with Crippen LogP contribution in [0.5, 0.6) is 0 Å². The van der Waals surface area contributed by atoms with E-state index in [-0.39, 0.29) is 0 Å². The van der Waals surface area contributed by atoms with Crippen molar-refractivity contribution in [3.05, 3.63) is 34.9 Å². The molecule has 1 aromatic carbocycles. The number of halogens is 1. The summed E-state index contributed by atoms with van der Waals surface area (Å²) in [7, 11) is 0. The second-order valence-electron chi connectivity index (χ2n) is 1.90. The van der Waals surface area contributed by atoms with Gasteiger partial charge in [0.05, 0.1) is 6.61 Å². The molecule has 0 aliphatic heterocycles. The van der Waals surface area contributed by atoms with Crippen LogP contribution >= 0.6 is 24.5 Å². The van der Waals surface area contributed by atoms with Gasteiger partial charge in [-0.3, -0.25) is 0 Å². The molecule has 0 N–H and O–H groups in total. The lowest BCUT2D eigenvalue weighted by Crippen LogP contribution is -1.81. The fourth-order valence-corrected chi connectivity index (χ4v) is 1.06. The Labute approximate surface area is 70.6 Å². The minimum atomic E-state index is 0.490. The Bertz CT molecular complexity index is 215. The molecule has 0 saturated carbocycles. The molecule has 0 saturated heterocycles. The van der Waals surface area contributed by atoms with E-state index in [1.807, 2.05) is 24.3 Å². The van der Waals surface area contributed by atoms with Gasteiger partial charge < -0.3 is 4.18 Å². The third-order valence-electron chi connectivity index (χ3n) is 1.12. The summed E-state index contributed by atoms with van der Waals surface area (Å²) < 4.78 is 4.62. The minimum absolute atomic E-state index is 0.490. The third kappa shape index (κ3) is 2.21. The van der Waals surface area contributed by atoms with Gasteiger partial charge in [0.2, 0.25) is 0 Å². The van der Waals surface area contributed by atoms with E-state index in [0.29, 0.717) is 6.61 Å². The summed E-state index contributed by atoms with van der Waals surface area (Å²) in [6, 6.07) is 7.48. The summed E-state index contributed by atoms with van der Waals surface area (Å²) in [6.45, 7) is 0.490. The Balaban J connectivity index is 2.75. The summed E-state index contributed by atoms with van der Waals surface area (Å²) in [6.07, 6.45) is 0. The van der Waals surface area contributed by atoms with Gasteiger partial charge in [-0.25, -0.2) is 0 Å². The van der Waals surface area contributed by atoms with Crippen LogP contribution in [0.4, 0.5) is 0 Å². The second-order valence-corrected chi connectivity index (χ2v) is 2.60. The fraction of sp³-hybridized carbons (Fsp3) is 0.143. The van der Waals surface area contributed by atoms with Crippen LogP contribution in [0.25, 0.3) is 0 Å². The second kappa shape index (κ2) is 3.86. The molecular formula is C7H7ClOS. The van der Waals surface area contributed by atoms with Gasteiger partial charge in [-0.05, 0) is 30.6 Å². The molecule has 1 rings (SSSR count). The Kier molecular flexibility index (Phi) is 3.06. The first-order chi connectivity index (χ1) is 4.83. The molecule has 0 radical (unpaired) electrons. The summed E-state index contributed by atoms with van der Waals surface area (Å²) in [4.78, 5) is 0. The minimum Gasteiger partial charge on any atom is -0.314 e. The number of hydrogen-bond donors (Lipinski definition) is 1. The van der Waals surface area contributed by atoms with Crippen molar-refractivity contribution in [1.82, 2.24) is 0 Å². The summed E-state index contributed by atoms with van der Waals surface area (Å²) in [5, 5.41) is 0.725. The Morgan fingerprint density at radius 2 is 2.30 bits per heavy atom. The first-order valence-electron chi connectivity index (χ1n) is 2.84. The molecule has 0 aliphatic carbocycles. The van der Waals surface area contributed by atoms with Gasteiger partial charge in [-0.1, -0.05) is 23.7 Å². The lowest BCUT2D eigenvalue weighted by atomic mass is 10.2. The summed E-state index contributed by atoms with van der Waals surface area (Å²) >= 11 is 9.32. The van der Waals surface area contributed by atoms with Crippen LogP contribution in [0.15, 0.2) is 24.3 Å². The van der Waals surface area contributed by atoms with Crippen LogP contribution < -0.4 is 0 Å². The van der Waals surface area contributed by atoms with E-state index >= 15 is 0 Å². The van der Waals surface area contributed by atoms with E-state index in [2.05, 4.69) is 17.1 Å². The largest absolute Gasteiger partial charge is 0.314 e. The smallest absolute Gasteiger partial charge is 0.0861 e. The highest BCUT2D eigenvalue weighted by Crippen LogP contribution is 2.11. The topological polar surface area (TPSA) is 9.23 Å². The van der Waals surface area contributed by atoms with Crippen LogP contribution in [0, 0.1) is 0 Å². The predicted octanol–water partition coefficient (Wildman–Crippen LogP) is 2.70. The van der Waals surface area contributed by atoms with E-state index in [4.69, 9.17) is 11.6 Å². The molecule has 0 spiro atoms. The van der Waals surface area contributed by atoms with E-state index < -0.39 is 0 Å². The standard InChI is InChI=1S/C7H7ClOS/c8-7-3-1-2-6(4-7)5-9-10/h1-4,10H,5H2. The molecule has 0 unspecified atom stereocenters. The highest BCUT2D eigenvalue weighted by Gasteiger charge is 1.91. The molecule has 54 valence electrons. The molecule has 3 heteroatoms. The number of rotatable bonds is 2. The van der Waals surface area contributed by atoms with Crippen LogP contribution in [0.1, 0.15) is 5.56 Å². The van der Waals surface area contributed by atoms with Crippen LogP contribution in [0.3, 0.4) is 0 Å². The average molecular weight is 175 g/mol. The Morgan fingerprint density at radius 1 is 1.50 bits per heavy atom. The monoisotopic (exact) mass is 174 g/mol. The molecule has 0 aromatic heterocycles. The van der Waals surface area contributed by atoms with E-state index in [0.717, 1.165) is 10.6 Å². The van der Waals surface area contributed by atoms with Gasteiger partial charge in [0, 0.05) is 5.02 Å². The molecular weight excluding hydrogens is 168 g/mol. The van der Waals surface area contributed by atoms with Crippen molar-refractivity contribution in [3.63, 3.8) is 0 Å². The zero-order valence-corrected chi connectivity index (χ0v) is 6.90. The van der Waals surface area contributed by atoms with Gasteiger partial charge in [-0.2, -0.15) is 0 Å². The Hall–Kier alpha value is -0.180. The average Bonchev–Trinajstić information content (AvgIpc) is 1.88. The van der Waals surface area contributed by atoms with Crippen LogP contribution in [-0.2, 0) is 10.8 Å². The van der Waals surface area contributed by atoms with E-state index in [1.165, 1.54) is 0 Å². The van der Waals surface area contributed by atoms with Gasteiger partial charge in [0.1, 0.15) is 0 Å². The molecule has 0 bridgehead atoms. The number of thiol groups is 1. The van der Waals surface area contributed by atoms with Crippen LogP contribution in [-0.4, -0.2) is 0 Å². The van der Waals surface area contributed by atoms with Crippen molar-refractivity contribution < 1.29 is 4.18 Å². The maximum absolute atomic E-state index is 5.70. The van der Waals surface area contributed by atoms with Gasteiger partial charge in [-0.15, -0.1) is 0 Å². The van der Waals surface area contributed by atoms with Crippen LogP contribution in [0.2, 0.25) is 5.02 Å². The van der Waals surface area contributed by atoms with Gasteiger partial charge in [0.25, 0.3) is 0 Å². The zero-order valence-electron chi connectivity index (χ0n) is 5.25. The van der Waals surface area contributed by atoms with E-state index in [9.17, 15) is 0 Å². The quantitative estimate of drug-likeness (QED) is 0.536. The SMILES string of the molecule is SOCc1cccc(Cl)c1. The molecule has 10 heavy (non-hydrogen) atoms. The number of benzene rings is 1. The molecule has 0 heterocycles. The lowest BCUT2D eigenvalue weighted by Gasteiger charge is -1.96. The Morgan fingerprint density at radius 3 is 2.90 bits per heavy atom. The van der Waals surface area contributed by atoms with Gasteiger partial charge >= 0.3 is 0 Å². The van der Waals surface area contributed by atoms with Crippen molar-refractivity contribution in [2.75, 3.05) is 0 Å². The molecule has 0 atom stereocenters. The highest BCUT2D eigenvalue weighted by atomic mass is 35.5. The van der Waals surface area contributed by atoms with Crippen molar-refractivity contribution in [2.24, 2.45) is 0 Å². The van der Waals surface area contributed by atoms with Crippen molar-refractivity contribution >= 4 is 24.5 Å². The molecule has 1 aromatic rings. The molecule has 1 nitrogen and oxygen atoms in total. The highest BCUT2D eigenvalue weighted by molar-refractivity contribution is 7.75. The fourth-order valence-electron chi connectivity index (χ4n) is 0.701. The van der Waals surface area contributed by atoms with Crippen molar-refractivity contribution in [3.8, 4) is 0 Å². The normalized spacial score (nSPS) is 9.80. The zero-order chi connectivity index (χ0) is 7.40. The summed E-state index contributed by atoms with van der Waals surface area (Å²) in [5.41, 5.74) is 1.03. The maximum atomic E-state index is 5.70. The molecule has 0 aliphatic rings. The molecule has 0 fully saturated rings. The first-order valence-corrected chi connectivity index (χ1v) is 3.58. The lowest BCUT2D eigenvalue weighted by molar-refractivity contribution is 0.372. The first kappa shape index (κ1) is 7.92.